The lowest BCUT2D eigenvalue weighted by molar-refractivity contribution is 0.0742. The average molecular weight is 332 g/mol. The normalized spacial score (nSPS) is 13.1. The van der Waals surface area contributed by atoms with E-state index in [1.165, 1.54) is 18.5 Å². The van der Waals surface area contributed by atoms with Crippen molar-refractivity contribution in [3.8, 4) is 0 Å². The number of rotatable bonds is 14. The molecule has 0 rings (SSSR count). The zero-order valence-corrected chi connectivity index (χ0v) is 16.6. The molecule has 0 aliphatic rings. The van der Waals surface area contributed by atoms with Gasteiger partial charge in [-0.2, -0.15) is 0 Å². The topological polar surface area (TPSA) is 30.9 Å². The van der Waals surface area contributed by atoms with Crippen LogP contribution in [0, 0.1) is 0 Å². The van der Waals surface area contributed by atoms with Crippen LogP contribution in [0.3, 0.4) is 0 Å². The molecule has 0 aromatic rings. The van der Waals surface area contributed by atoms with Gasteiger partial charge in [0.05, 0.1) is 0 Å². The highest BCUT2D eigenvalue weighted by atomic mass is 28.4. The fourth-order valence-corrected chi connectivity index (χ4v) is 5.01. The van der Waals surface area contributed by atoms with E-state index < -0.39 is 8.80 Å². The summed E-state index contributed by atoms with van der Waals surface area (Å²) in [5, 5.41) is 0. The summed E-state index contributed by atoms with van der Waals surface area (Å²) in [5.74, 6) is 0. The maximum absolute atomic E-state index is 5.88. The lowest BCUT2D eigenvalue weighted by atomic mass is 10.1. The third-order valence-corrected chi connectivity index (χ3v) is 6.62. The van der Waals surface area contributed by atoms with Crippen LogP contribution in [0.1, 0.15) is 54.4 Å². The van der Waals surface area contributed by atoms with Gasteiger partial charge in [-0.25, -0.2) is 0 Å². The minimum atomic E-state index is -2.52. The second-order valence-electron chi connectivity index (χ2n) is 5.37. The summed E-state index contributed by atoms with van der Waals surface area (Å²) in [7, 11) is -2.52. The number of nitrogens with zero attached hydrogens (tertiary/aromatic N) is 1. The Bertz CT molecular complexity index is 277. The van der Waals surface area contributed by atoms with Gasteiger partial charge in [-0.1, -0.05) is 25.5 Å². The van der Waals surface area contributed by atoms with Gasteiger partial charge in [-0.3, -0.25) is 0 Å². The smallest absolute Gasteiger partial charge is 0.374 e. The van der Waals surface area contributed by atoms with Crippen LogP contribution >= 0.6 is 0 Å². The van der Waals surface area contributed by atoms with Crippen molar-refractivity contribution < 1.29 is 13.3 Å². The van der Waals surface area contributed by atoms with Crippen LogP contribution in [0.5, 0.6) is 0 Å². The van der Waals surface area contributed by atoms with E-state index >= 15 is 0 Å². The molecular weight excluding hydrogens is 294 g/mol. The van der Waals surface area contributed by atoms with Gasteiger partial charge in [0.2, 0.25) is 0 Å². The Kier molecular flexibility index (Phi) is 13.1. The summed E-state index contributed by atoms with van der Waals surface area (Å²) < 4.78 is 17.6. The lowest BCUT2D eigenvalue weighted by Crippen LogP contribution is -2.45. The van der Waals surface area contributed by atoms with Gasteiger partial charge >= 0.3 is 8.80 Å². The third kappa shape index (κ3) is 9.05. The molecule has 5 heteroatoms. The van der Waals surface area contributed by atoms with Crippen molar-refractivity contribution in [1.82, 2.24) is 4.90 Å². The first-order valence-electron chi connectivity index (χ1n) is 8.87. The Labute approximate surface area is 139 Å². The lowest BCUT2D eigenvalue weighted by Gasteiger charge is -2.27. The van der Waals surface area contributed by atoms with E-state index in [9.17, 15) is 0 Å². The Balaban J connectivity index is 4.45. The summed E-state index contributed by atoms with van der Waals surface area (Å²) >= 11 is 0. The molecule has 0 saturated heterocycles. The molecule has 0 radical (unpaired) electrons. The Morgan fingerprint density at radius 2 is 1.41 bits per heavy atom. The molecule has 0 N–H and O–H groups in total. The Morgan fingerprint density at radius 3 is 1.82 bits per heavy atom. The summed E-state index contributed by atoms with van der Waals surface area (Å²) in [6.07, 6.45) is 4.59. The van der Waals surface area contributed by atoms with Gasteiger partial charge < -0.3 is 18.2 Å². The zero-order valence-electron chi connectivity index (χ0n) is 15.6. The van der Waals surface area contributed by atoms with Gasteiger partial charge in [0.25, 0.3) is 0 Å². The van der Waals surface area contributed by atoms with E-state index in [0.717, 1.165) is 25.6 Å². The van der Waals surface area contributed by atoms with Gasteiger partial charge in [-0.05, 0) is 60.2 Å². The first-order valence-corrected chi connectivity index (χ1v) is 10.8. The molecule has 22 heavy (non-hydrogen) atoms. The minimum absolute atomic E-state index is 0.640. The van der Waals surface area contributed by atoms with Gasteiger partial charge in [0.1, 0.15) is 0 Å². The summed E-state index contributed by atoms with van der Waals surface area (Å²) in [6.45, 7) is 18.0. The molecule has 0 aromatic heterocycles. The molecule has 0 bridgehead atoms. The molecule has 0 unspecified atom stereocenters. The van der Waals surface area contributed by atoms with Crippen molar-refractivity contribution in [2.24, 2.45) is 0 Å². The van der Waals surface area contributed by atoms with Crippen molar-refractivity contribution in [3.05, 3.63) is 11.6 Å². The highest BCUT2D eigenvalue weighted by molar-refractivity contribution is 6.61. The highest BCUT2D eigenvalue weighted by Crippen LogP contribution is 2.19. The quantitative estimate of drug-likeness (QED) is 0.354. The largest absolute Gasteiger partial charge is 0.504 e. The predicted octanol–water partition coefficient (Wildman–Crippen LogP) is 4.10. The van der Waals surface area contributed by atoms with Crippen molar-refractivity contribution in [1.29, 1.82) is 0 Å². The average Bonchev–Trinajstić information content (AvgIpc) is 2.50. The molecule has 0 atom stereocenters. The predicted molar refractivity (Wildman–Crippen MR) is 96.2 cm³/mol. The van der Waals surface area contributed by atoms with Gasteiger partial charge in [0, 0.05) is 25.9 Å². The van der Waals surface area contributed by atoms with E-state index in [1.54, 1.807) is 0 Å². The standard InChI is InChI=1S/C17H37NO3Si/c1-7-18(8-2)15-12-13-17(6)14-16-22(19-9-3,20-10-4)21-11-5/h14H,7-13,15-16H2,1-6H3/b17-14+. The van der Waals surface area contributed by atoms with E-state index in [4.69, 9.17) is 13.3 Å². The second-order valence-corrected chi connectivity index (χ2v) is 8.01. The minimum Gasteiger partial charge on any atom is -0.374 e. The first kappa shape index (κ1) is 21.8. The number of hydrogen-bond donors (Lipinski definition) is 0. The fraction of sp³-hybridized carbons (Fsp3) is 0.882. The molecule has 0 aliphatic carbocycles. The number of hydrogen-bond acceptors (Lipinski definition) is 4. The van der Waals surface area contributed by atoms with E-state index in [1.807, 2.05) is 20.8 Å². The van der Waals surface area contributed by atoms with Crippen LogP contribution < -0.4 is 0 Å². The van der Waals surface area contributed by atoms with Crippen LogP contribution in [0.2, 0.25) is 6.04 Å². The fourth-order valence-electron chi connectivity index (χ4n) is 2.48. The molecule has 0 aromatic carbocycles. The van der Waals surface area contributed by atoms with Crippen LogP contribution in [-0.2, 0) is 13.3 Å². The van der Waals surface area contributed by atoms with Crippen molar-refractivity contribution in [2.45, 2.75) is 60.4 Å². The molecule has 0 aliphatic heterocycles. The molecule has 0 spiro atoms. The van der Waals surface area contributed by atoms with Crippen molar-refractivity contribution >= 4 is 8.80 Å². The monoisotopic (exact) mass is 331 g/mol. The summed E-state index contributed by atoms with van der Waals surface area (Å²) in [5.41, 5.74) is 1.41. The van der Waals surface area contributed by atoms with Crippen LogP contribution in [0.25, 0.3) is 0 Å². The Morgan fingerprint density at radius 1 is 0.909 bits per heavy atom. The van der Waals surface area contributed by atoms with E-state index in [-0.39, 0.29) is 0 Å². The molecule has 0 fully saturated rings. The van der Waals surface area contributed by atoms with Crippen molar-refractivity contribution in [3.63, 3.8) is 0 Å². The molecule has 0 saturated carbocycles. The highest BCUT2D eigenvalue weighted by Gasteiger charge is 2.39. The van der Waals surface area contributed by atoms with Crippen LogP contribution in [0.4, 0.5) is 0 Å². The molecule has 0 amide bonds. The molecule has 132 valence electrons. The summed E-state index contributed by atoms with van der Waals surface area (Å²) in [6, 6.07) is 0.777. The third-order valence-electron chi connectivity index (χ3n) is 3.73. The van der Waals surface area contributed by atoms with E-state index in [0.29, 0.717) is 19.8 Å². The molecule has 4 nitrogen and oxygen atoms in total. The maximum Gasteiger partial charge on any atom is 0.504 e. The zero-order chi connectivity index (χ0) is 16.8. The van der Waals surface area contributed by atoms with Crippen LogP contribution in [0.15, 0.2) is 11.6 Å². The first-order chi connectivity index (χ1) is 10.6. The maximum atomic E-state index is 5.88. The molecular formula is C17H37NO3Si. The summed E-state index contributed by atoms with van der Waals surface area (Å²) in [4.78, 5) is 2.47. The van der Waals surface area contributed by atoms with Gasteiger partial charge in [-0.15, -0.1) is 0 Å². The van der Waals surface area contributed by atoms with E-state index in [2.05, 4.69) is 31.7 Å². The van der Waals surface area contributed by atoms with Crippen LogP contribution in [-0.4, -0.2) is 53.2 Å². The van der Waals surface area contributed by atoms with Crippen molar-refractivity contribution in [2.75, 3.05) is 39.5 Å². The number of allylic oxidation sites excluding steroid dienone is 2. The van der Waals surface area contributed by atoms with Gasteiger partial charge in [0.15, 0.2) is 0 Å². The molecule has 0 heterocycles. The second kappa shape index (κ2) is 13.3. The SMILES string of the molecule is CCO[Si](C/C=C(\C)CCCN(CC)CC)(OCC)OCC. The Hall–Kier alpha value is -0.203.